The van der Waals surface area contributed by atoms with Gasteiger partial charge in [-0.1, -0.05) is 46.0 Å². The molecule has 0 radical (unpaired) electrons. The summed E-state index contributed by atoms with van der Waals surface area (Å²) in [7, 11) is 0. The summed E-state index contributed by atoms with van der Waals surface area (Å²) >= 11 is 0. The van der Waals surface area contributed by atoms with Gasteiger partial charge in [-0.15, -0.1) is 0 Å². The number of hydrogen-bond acceptors (Lipinski definition) is 1. The zero-order chi connectivity index (χ0) is 14.3. The molecule has 0 atom stereocenters. The van der Waals surface area contributed by atoms with E-state index in [-0.39, 0.29) is 0 Å². The van der Waals surface area contributed by atoms with E-state index in [2.05, 4.69) is 19.2 Å². The first-order valence-corrected chi connectivity index (χ1v) is 9.51. The SMILES string of the molecule is CCCCC1CCC(CNCCC)(C2CCCC2)CC1. The van der Waals surface area contributed by atoms with Crippen molar-refractivity contribution in [3.63, 3.8) is 0 Å². The Bertz CT molecular complexity index is 246. The van der Waals surface area contributed by atoms with Crippen molar-refractivity contribution in [2.24, 2.45) is 17.3 Å². The van der Waals surface area contributed by atoms with Gasteiger partial charge in [0.1, 0.15) is 0 Å². The summed E-state index contributed by atoms with van der Waals surface area (Å²) < 4.78 is 0. The summed E-state index contributed by atoms with van der Waals surface area (Å²) in [6.07, 6.45) is 17.7. The van der Waals surface area contributed by atoms with Crippen molar-refractivity contribution in [2.45, 2.75) is 90.9 Å². The van der Waals surface area contributed by atoms with Crippen molar-refractivity contribution >= 4 is 0 Å². The molecule has 118 valence electrons. The van der Waals surface area contributed by atoms with Crippen LogP contribution in [0.5, 0.6) is 0 Å². The Balaban J connectivity index is 1.87. The molecule has 2 aliphatic rings. The number of hydrogen-bond donors (Lipinski definition) is 1. The molecule has 0 amide bonds. The Morgan fingerprint density at radius 1 is 0.950 bits per heavy atom. The third-order valence-corrected chi connectivity index (χ3v) is 6.19. The lowest BCUT2D eigenvalue weighted by Crippen LogP contribution is -2.42. The molecular formula is C19H37N. The van der Waals surface area contributed by atoms with Gasteiger partial charge in [0.15, 0.2) is 0 Å². The van der Waals surface area contributed by atoms with Gasteiger partial charge in [-0.25, -0.2) is 0 Å². The molecule has 0 aromatic rings. The van der Waals surface area contributed by atoms with E-state index in [0.29, 0.717) is 5.41 Å². The molecule has 0 unspecified atom stereocenters. The Morgan fingerprint density at radius 3 is 2.25 bits per heavy atom. The molecule has 2 fully saturated rings. The topological polar surface area (TPSA) is 12.0 Å². The van der Waals surface area contributed by atoms with Gasteiger partial charge >= 0.3 is 0 Å². The van der Waals surface area contributed by atoms with E-state index in [4.69, 9.17) is 0 Å². The average molecular weight is 280 g/mol. The van der Waals surface area contributed by atoms with Crippen molar-refractivity contribution in [3.8, 4) is 0 Å². The maximum absolute atomic E-state index is 3.78. The largest absolute Gasteiger partial charge is 0.316 e. The summed E-state index contributed by atoms with van der Waals surface area (Å²) in [5.41, 5.74) is 0.675. The van der Waals surface area contributed by atoms with Crippen molar-refractivity contribution in [1.29, 1.82) is 0 Å². The van der Waals surface area contributed by atoms with Gasteiger partial charge in [-0.3, -0.25) is 0 Å². The third kappa shape index (κ3) is 4.23. The normalized spacial score (nSPS) is 31.8. The molecule has 0 aliphatic heterocycles. The summed E-state index contributed by atoms with van der Waals surface area (Å²) in [6.45, 7) is 7.15. The molecule has 1 N–H and O–H groups in total. The maximum Gasteiger partial charge on any atom is 0.00105 e. The van der Waals surface area contributed by atoms with Crippen LogP contribution in [-0.2, 0) is 0 Å². The van der Waals surface area contributed by atoms with Crippen LogP contribution in [0.2, 0.25) is 0 Å². The lowest BCUT2D eigenvalue weighted by atomic mass is 9.62. The highest BCUT2D eigenvalue weighted by Gasteiger charge is 2.42. The lowest BCUT2D eigenvalue weighted by Gasteiger charge is -2.45. The zero-order valence-corrected chi connectivity index (χ0v) is 14.1. The standard InChI is InChI=1S/C19H37N/c1-3-5-8-17-11-13-19(14-12-17,16-20-15-4-2)18-9-6-7-10-18/h17-18,20H,3-16H2,1-2H3. The van der Waals surface area contributed by atoms with Crippen LogP contribution < -0.4 is 5.32 Å². The average Bonchev–Trinajstić information content (AvgIpc) is 3.01. The zero-order valence-electron chi connectivity index (χ0n) is 14.1. The van der Waals surface area contributed by atoms with Crippen LogP contribution in [0.3, 0.4) is 0 Å². The third-order valence-electron chi connectivity index (χ3n) is 6.19. The van der Waals surface area contributed by atoms with Gasteiger partial charge in [-0.2, -0.15) is 0 Å². The van der Waals surface area contributed by atoms with Crippen LogP contribution in [0.1, 0.15) is 90.9 Å². The van der Waals surface area contributed by atoms with E-state index in [0.717, 1.165) is 11.8 Å². The second kappa shape index (κ2) is 8.41. The molecule has 20 heavy (non-hydrogen) atoms. The minimum atomic E-state index is 0.675. The summed E-state index contributed by atoms with van der Waals surface area (Å²) in [6, 6.07) is 0. The summed E-state index contributed by atoms with van der Waals surface area (Å²) in [5, 5.41) is 3.78. The molecule has 0 saturated heterocycles. The maximum atomic E-state index is 3.78. The molecule has 1 nitrogen and oxygen atoms in total. The highest BCUT2D eigenvalue weighted by molar-refractivity contribution is 4.94. The molecule has 0 aromatic carbocycles. The fourth-order valence-electron chi connectivity index (χ4n) is 4.82. The Kier molecular flexibility index (Phi) is 6.87. The van der Waals surface area contributed by atoms with Crippen molar-refractivity contribution in [2.75, 3.05) is 13.1 Å². The summed E-state index contributed by atoms with van der Waals surface area (Å²) in [5.74, 6) is 2.09. The number of nitrogens with one attached hydrogen (secondary N) is 1. The second-order valence-corrected chi connectivity index (χ2v) is 7.61. The van der Waals surface area contributed by atoms with Gasteiger partial charge in [0.25, 0.3) is 0 Å². The fraction of sp³-hybridized carbons (Fsp3) is 1.00. The van der Waals surface area contributed by atoms with Crippen molar-refractivity contribution in [1.82, 2.24) is 5.32 Å². The molecule has 0 aromatic heterocycles. The van der Waals surface area contributed by atoms with Crippen LogP contribution in [0.15, 0.2) is 0 Å². The van der Waals surface area contributed by atoms with E-state index in [1.165, 1.54) is 90.1 Å². The van der Waals surface area contributed by atoms with Crippen LogP contribution >= 0.6 is 0 Å². The molecule has 0 heterocycles. The number of unbranched alkanes of at least 4 members (excludes halogenated alkanes) is 1. The van der Waals surface area contributed by atoms with Crippen LogP contribution in [0.25, 0.3) is 0 Å². The molecule has 2 aliphatic carbocycles. The first kappa shape index (κ1) is 16.3. The van der Waals surface area contributed by atoms with Crippen molar-refractivity contribution < 1.29 is 0 Å². The predicted octanol–water partition coefficient (Wildman–Crippen LogP) is 5.54. The first-order chi connectivity index (χ1) is 9.80. The molecular weight excluding hydrogens is 242 g/mol. The summed E-state index contributed by atoms with van der Waals surface area (Å²) in [4.78, 5) is 0. The van der Waals surface area contributed by atoms with Crippen LogP contribution in [0.4, 0.5) is 0 Å². The van der Waals surface area contributed by atoms with Gasteiger partial charge in [0.05, 0.1) is 0 Å². The molecule has 1 heteroatoms. The van der Waals surface area contributed by atoms with Crippen LogP contribution in [0, 0.1) is 17.3 Å². The van der Waals surface area contributed by atoms with Crippen LogP contribution in [-0.4, -0.2) is 13.1 Å². The highest BCUT2D eigenvalue weighted by Crippen LogP contribution is 2.50. The molecule has 2 saturated carbocycles. The quantitative estimate of drug-likeness (QED) is 0.575. The van der Waals surface area contributed by atoms with E-state index in [1.807, 2.05) is 0 Å². The minimum Gasteiger partial charge on any atom is -0.316 e. The fourth-order valence-corrected chi connectivity index (χ4v) is 4.82. The Morgan fingerprint density at radius 2 is 1.65 bits per heavy atom. The Hall–Kier alpha value is -0.0400. The first-order valence-electron chi connectivity index (χ1n) is 9.51. The van der Waals surface area contributed by atoms with E-state index in [9.17, 15) is 0 Å². The molecule has 0 bridgehead atoms. The molecule has 0 spiro atoms. The van der Waals surface area contributed by atoms with Gasteiger partial charge in [0, 0.05) is 6.54 Å². The predicted molar refractivity (Wildman–Crippen MR) is 89.0 cm³/mol. The van der Waals surface area contributed by atoms with Gasteiger partial charge < -0.3 is 5.32 Å². The van der Waals surface area contributed by atoms with Gasteiger partial charge in [-0.05, 0) is 68.7 Å². The monoisotopic (exact) mass is 279 g/mol. The minimum absolute atomic E-state index is 0.675. The van der Waals surface area contributed by atoms with E-state index in [1.54, 1.807) is 0 Å². The second-order valence-electron chi connectivity index (χ2n) is 7.61. The molecule has 2 rings (SSSR count). The highest BCUT2D eigenvalue weighted by atomic mass is 14.9. The Labute approximate surface area is 127 Å². The van der Waals surface area contributed by atoms with Gasteiger partial charge in [0.2, 0.25) is 0 Å². The van der Waals surface area contributed by atoms with Crippen molar-refractivity contribution in [3.05, 3.63) is 0 Å². The van der Waals surface area contributed by atoms with E-state index < -0.39 is 0 Å². The van der Waals surface area contributed by atoms with E-state index >= 15 is 0 Å². The lowest BCUT2D eigenvalue weighted by molar-refractivity contribution is 0.0710. The number of rotatable bonds is 8. The smallest absolute Gasteiger partial charge is 0.00105 e.